The van der Waals surface area contributed by atoms with E-state index in [4.69, 9.17) is 5.26 Å². The molecule has 0 aliphatic rings. The van der Waals surface area contributed by atoms with Gasteiger partial charge in [-0.3, -0.25) is 4.79 Å². The summed E-state index contributed by atoms with van der Waals surface area (Å²) in [4.78, 5) is 13.4. The largest absolute Gasteiger partial charge is 0.314 e. The van der Waals surface area contributed by atoms with Crippen LogP contribution in [-0.2, 0) is 4.79 Å². The maximum absolute atomic E-state index is 11.9. The van der Waals surface area contributed by atoms with Crippen molar-refractivity contribution in [3.63, 3.8) is 0 Å². The minimum Gasteiger partial charge on any atom is -0.314 e. The van der Waals surface area contributed by atoms with Crippen LogP contribution >= 0.6 is 0 Å². The van der Waals surface area contributed by atoms with Crippen LogP contribution in [0.15, 0.2) is 24.3 Å². The maximum atomic E-state index is 11.9. The zero-order chi connectivity index (χ0) is 12.1. The molecule has 1 atom stereocenters. The van der Waals surface area contributed by atoms with Crippen LogP contribution in [0.25, 0.3) is 0 Å². The van der Waals surface area contributed by atoms with Gasteiger partial charge in [0.2, 0.25) is 5.91 Å². The van der Waals surface area contributed by atoms with Gasteiger partial charge in [-0.15, -0.1) is 0 Å². The smallest absolute Gasteiger partial charge is 0.243 e. The second-order valence-corrected chi connectivity index (χ2v) is 3.57. The van der Waals surface area contributed by atoms with E-state index in [9.17, 15) is 4.79 Å². The van der Waals surface area contributed by atoms with Crippen molar-refractivity contribution in [3.8, 4) is 6.07 Å². The quantitative estimate of drug-likeness (QED) is 0.825. The number of nitriles is 1. The summed E-state index contributed by atoms with van der Waals surface area (Å²) in [5.74, 6) is -0.0300. The van der Waals surface area contributed by atoms with Gasteiger partial charge in [-0.1, -0.05) is 6.07 Å². The standard InChI is InChI=1S/C12H15N3O/c1-9(14-2)12(16)15(3)11-6-4-5-10(7-11)8-13/h4-7,9,14H,1-3H3. The minimum atomic E-state index is -0.240. The number of hydrogen-bond acceptors (Lipinski definition) is 3. The number of likely N-dealkylation sites (N-methyl/N-ethyl adjacent to an activating group) is 2. The number of nitrogens with zero attached hydrogens (tertiary/aromatic N) is 2. The third kappa shape index (κ3) is 2.59. The molecule has 1 N–H and O–H groups in total. The average molecular weight is 217 g/mol. The van der Waals surface area contributed by atoms with Crippen LogP contribution in [0.1, 0.15) is 12.5 Å². The molecule has 0 saturated heterocycles. The van der Waals surface area contributed by atoms with Crippen molar-refractivity contribution < 1.29 is 4.79 Å². The molecule has 84 valence electrons. The predicted molar refractivity (Wildman–Crippen MR) is 63.1 cm³/mol. The first-order valence-corrected chi connectivity index (χ1v) is 5.05. The molecule has 0 bridgehead atoms. The summed E-state index contributed by atoms with van der Waals surface area (Å²) < 4.78 is 0. The molecule has 0 aliphatic carbocycles. The van der Waals surface area contributed by atoms with Crippen LogP contribution in [0.3, 0.4) is 0 Å². The van der Waals surface area contributed by atoms with E-state index in [2.05, 4.69) is 11.4 Å². The van der Waals surface area contributed by atoms with Gasteiger partial charge in [-0.25, -0.2) is 0 Å². The number of amides is 1. The van der Waals surface area contributed by atoms with Gasteiger partial charge in [0.25, 0.3) is 0 Å². The van der Waals surface area contributed by atoms with Crippen LogP contribution in [0.5, 0.6) is 0 Å². The Kier molecular flexibility index (Phi) is 4.03. The van der Waals surface area contributed by atoms with Gasteiger partial charge >= 0.3 is 0 Å². The Hall–Kier alpha value is -1.86. The second-order valence-electron chi connectivity index (χ2n) is 3.57. The van der Waals surface area contributed by atoms with Crippen molar-refractivity contribution in [3.05, 3.63) is 29.8 Å². The van der Waals surface area contributed by atoms with Crippen molar-refractivity contribution in [1.82, 2.24) is 5.32 Å². The number of benzene rings is 1. The molecule has 1 aromatic carbocycles. The summed E-state index contributed by atoms with van der Waals surface area (Å²) in [6, 6.07) is 8.79. The zero-order valence-corrected chi connectivity index (χ0v) is 9.69. The van der Waals surface area contributed by atoms with Crippen molar-refractivity contribution in [2.45, 2.75) is 13.0 Å². The first kappa shape index (κ1) is 12.2. The molecule has 1 amide bonds. The molecule has 1 aromatic rings. The number of anilines is 1. The van der Waals surface area contributed by atoms with E-state index in [0.29, 0.717) is 5.56 Å². The molecule has 0 radical (unpaired) electrons. The molecule has 16 heavy (non-hydrogen) atoms. The first-order chi connectivity index (χ1) is 7.60. The molecular weight excluding hydrogens is 202 g/mol. The molecule has 0 heterocycles. The Bertz CT molecular complexity index is 423. The molecule has 1 rings (SSSR count). The third-order valence-corrected chi connectivity index (χ3v) is 2.50. The monoisotopic (exact) mass is 217 g/mol. The number of rotatable bonds is 3. The summed E-state index contributed by atoms with van der Waals surface area (Å²) in [6.45, 7) is 1.80. The molecule has 0 saturated carbocycles. The third-order valence-electron chi connectivity index (χ3n) is 2.50. The van der Waals surface area contributed by atoms with E-state index >= 15 is 0 Å². The zero-order valence-electron chi connectivity index (χ0n) is 9.69. The molecule has 0 aromatic heterocycles. The van der Waals surface area contributed by atoms with E-state index in [0.717, 1.165) is 5.69 Å². The normalized spacial score (nSPS) is 11.6. The van der Waals surface area contributed by atoms with Gasteiger partial charge in [-0.05, 0) is 32.2 Å². The topological polar surface area (TPSA) is 56.1 Å². The van der Waals surface area contributed by atoms with Gasteiger partial charge < -0.3 is 10.2 Å². The van der Waals surface area contributed by atoms with Crippen LogP contribution in [0, 0.1) is 11.3 Å². The highest BCUT2D eigenvalue weighted by molar-refractivity contribution is 5.96. The van der Waals surface area contributed by atoms with Gasteiger partial charge in [0.05, 0.1) is 17.7 Å². The van der Waals surface area contributed by atoms with E-state index in [-0.39, 0.29) is 11.9 Å². The predicted octanol–water partition coefficient (Wildman–Crippen LogP) is 1.13. The Morgan fingerprint density at radius 2 is 2.25 bits per heavy atom. The second kappa shape index (κ2) is 5.29. The Morgan fingerprint density at radius 3 is 2.81 bits per heavy atom. The fraction of sp³-hybridized carbons (Fsp3) is 0.333. The fourth-order valence-electron chi connectivity index (χ4n) is 1.33. The van der Waals surface area contributed by atoms with E-state index in [1.165, 1.54) is 0 Å². The van der Waals surface area contributed by atoms with Crippen molar-refractivity contribution in [2.75, 3.05) is 19.0 Å². The number of nitrogens with one attached hydrogen (secondary N) is 1. The van der Waals surface area contributed by atoms with Crippen molar-refractivity contribution >= 4 is 11.6 Å². The van der Waals surface area contributed by atoms with Crippen LogP contribution in [0.2, 0.25) is 0 Å². The summed E-state index contributed by atoms with van der Waals surface area (Å²) in [6.07, 6.45) is 0. The Morgan fingerprint density at radius 1 is 1.56 bits per heavy atom. The van der Waals surface area contributed by atoms with Gasteiger partial charge in [0, 0.05) is 12.7 Å². The van der Waals surface area contributed by atoms with Crippen LogP contribution < -0.4 is 10.2 Å². The highest BCUT2D eigenvalue weighted by atomic mass is 16.2. The maximum Gasteiger partial charge on any atom is 0.243 e. The molecule has 0 fully saturated rings. The number of carbonyl (C=O) groups excluding carboxylic acids is 1. The number of carbonyl (C=O) groups is 1. The summed E-state index contributed by atoms with van der Waals surface area (Å²) >= 11 is 0. The molecule has 0 aliphatic heterocycles. The SMILES string of the molecule is CNC(C)C(=O)N(C)c1cccc(C#N)c1. The highest BCUT2D eigenvalue weighted by Crippen LogP contribution is 2.15. The highest BCUT2D eigenvalue weighted by Gasteiger charge is 2.16. The van der Waals surface area contributed by atoms with Gasteiger partial charge in [-0.2, -0.15) is 5.26 Å². The fourth-order valence-corrected chi connectivity index (χ4v) is 1.33. The minimum absolute atomic E-state index is 0.0300. The molecule has 1 unspecified atom stereocenters. The lowest BCUT2D eigenvalue weighted by Gasteiger charge is -2.21. The molecule has 4 nitrogen and oxygen atoms in total. The van der Waals surface area contributed by atoms with Crippen LogP contribution in [0.4, 0.5) is 5.69 Å². The first-order valence-electron chi connectivity index (χ1n) is 5.05. The summed E-state index contributed by atoms with van der Waals surface area (Å²) in [5.41, 5.74) is 1.28. The molecular formula is C12H15N3O. The summed E-state index contributed by atoms with van der Waals surface area (Å²) in [5, 5.41) is 11.7. The molecule has 4 heteroatoms. The lowest BCUT2D eigenvalue weighted by Crippen LogP contribution is -2.41. The lowest BCUT2D eigenvalue weighted by molar-refractivity contribution is -0.119. The average Bonchev–Trinajstić information content (AvgIpc) is 2.36. The van der Waals surface area contributed by atoms with Crippen LogP contribution in [-0.4, -0.2) is 26.0 Å². The Labute approximate surface area is 95.5 Å². The van der Waals surface area contributed by atoms with E-state index in [1.807, 2.05) is 0 Å². The van der Waals surface area contributed by atoms with Gasteiger partial charge in [0.1, 0.15) is 0 Å². The van der Waals surface area contributed by atoms with Gasteiger partial charge in [0.15, 0.2) is 0 Å². The Balaban J connectivity index is 2.92. The summed E-state index contributed by atoms with van der Waals surface area (Å²) in [7, 11) is 3.44. The van der Waals surface area contributed by atoms with Crippen molar-refractivity contribution in [1.29, 1.82) is 5.26 Å². The van der Waals surface area contributed by atoms with Crippen molar-refractivity contribution in [2.24, 2.45) is 0 Å². The molecule has 0 spiro atoms. The van der Waals surface area contributed by atoms with E-state index in [1.54, 1.807) is 50.2 Å². The number of hydrogen-bond donors (Lipinski definition) is 1. The van der Waals surface area contributed by atoms with E-state index < -0.39 is 0 Å². The lowest BCUT2D eigenvalue weighted by atomic mass is 10.2.